The SMILES string of the molecule is O=C(NCC#Cc1ccccc1)c1sc2ccccc2c1Cl. The maximum absolute atomic E-state index is 12.2. The highest BCUT2D eigenvalue weighted by atomic mass is 35.5. The van der Waals surface area contributed by atoms with Crippen LogP contribution in [0.15, 0.2) is 54.6 Å². The van der Waals surface area contributed by atoms with Gasteiger partial charge in [0.2, 0.25) is 0 Å². The van der Waals surface area contributed by atoms with Crippen LogP contribution in [0.2, 0.25) is 5.02 Å². The van der Waals surface area contributed by atoms with Gasteiger partial charge >= 0.3 is 0 Å². The number of benzene rings is 2. The van der Waals surface area contributed by atoms with E-state index >= 15 is 0 Å². The summed E-state index contributed by atoms with van der Waals surface area (Å²) in [6.45, 7) is 0.290. The van der Waals surface area contributed by atoms with E-state index in [-0.39, 0.29) is 12.5 Å². The Hall–Kier alpha value is -2.28. The molecule has 0 aliphatic heterocycles. The molecule has 3 rings (SSSR count). The van der Waals surface area contributed by atoms with Gasteiger partial charge in [-0.1, -0.05) is 59.8 Å². The summed E-state index contributed by atoms with van der Waals surface area (Å²) in [7, 11) is 0. The molecule has 3 aromatic rings. The van der Waals surface area contributed by atoms with E-state index < -0.39 is 0 Å². The van der Waals surface area contributed by atoms with Crippen molar-refractivity contribution < 1.29 is 4.79 Å². The van der Waals surface area contributed by atoms with Gasteiger partial charge in [0.25, 0.3) is 5.91 Å². The molecular weight excluding hydrogens is 314 g/mol. The van der Waals surface area contributed by atoms with Crippen molar-refractivity contribution in [2.45, 2.75) is 0 Å². The predicted octanol–water partition coefficient (Wildman–Crippen LogP) is 4.34. The van der Waals surface area contributed by atoms with Gasteiger partial charge in [0.05, 0.1) is 11.6 Å². The lowest BCUT2D eigenvalue weighted by molar-refractivity contribution is 0.0963. The molecule has 0 saturated heterocycles. The Labute approximate surface area is 137 Å². The zero-order valence-corrected chi connectivity index (χ0v) is 13.2. The van der Waals surface area contributed by atoms with Crippen molar-refractivity contribution in [1.82, 2.24) is 5.32 Å². The van der Waals surface area contributed by atoms with Crippen LogP contribution in [0.1, 0.15) is 15.2 Å². The lowest BCUT2D eigenvalue weighted by Crippen LogP contribution is -2.22. The summed E-state index contributed by atoms with van der Waals surface area (Å²) in [4.78, 5) is 12.7. The minimum atomic E-state index is -0.187. The molecule has 4 heteroatoms. The van der Waals surface area contributed by atoms with Gasteiger partial charge in [-0.2, -0.15) is 0 Å². The Bertz CT molecular complexity index is 874. The summed E-state index contributed by atoms with van der Waals surface area (Å²) in [5.41, 5.74) is 0.927. The number of hydrogen-bond donors (Lipinski definition) is 1. The number of halogens is 1. The molecule has 1 heterocycles. The average molecular weight is 326 g/mol. The molecule has 0 atom stereocenters. The van der Waals surface area contributed by atoms with Crippen LogP contribution in [0.5, 0.6) is 0 Å². The van der Waals surface area contributed by atoms with Gasteiger partial charge in [-0.15, -0.1) is 11.3 Å². The first-order valence-electron chi connectivity index (χ1n) is 6.75. The van der Waals surface area contributed by atoms with Crippen LogP contribution in [0, 0.1) is 11.8 Å². The number of thiophene rings is 1. The Morgan fingerprint density at radius 2 is 1.82 bits per heavy atom. The first kappa shape index (κ1) is 14.6. The van der Waals surface area contributed by atoms with Gasteiger partial charge in [0.15, 0.2) is 0 Å². The molecule has 1 N–H and O–H groups in total. The third-order valence-corrected chi connectivity index (χ3v) is 4.76. The predicted molar refractivity (Wildman–Crippen MR) is 92.5 cm³/mol. The van der Waals surface area contributed by atoms with Crippen molar-refractivity contribution >= 4 is 38.9 Å². The number of carbonyl (C=O) groups is 1. The van der Waals surface area contributed by atoms with Crippen molar-refractivity contribution in [3.8, 4) is 11.8 Å². The zero-order chi connectivity index (χ0) is 15.4. The second-order valence-electron chi connectivity index (χ2n) is 4.59. The molecule has 1 amide bonds. The van der Waals surface area contributed by atoms with Crippen LogP contribution < -0.4 is 5.32 Å². The Morgan fingerprint density at radius 3 is 2.59 bits per heavy atom. The second kappa shape index (κ2) is 6.65. The minimum Gasteiger partial charge on any atom is -0.340 e. The highest BCUT2D eigenvalue weighted by Crippen LogP contribution is 2.34. The fraction of sp³-hybridized carbons (Fsp3) is 0.0556. The molecule has 2 nitrogen and oxygen atoms in total. The first-order valence-corrected chi connectivity index (χ1v) is 7.94. The minimum absolute atomic E-state index is 0.187. The van der Waals surface area contributed by atoms with E-state index in [1.807, 2.05) is 54.6 Å². The van der Waals surface area contributed by atoms with E-state index in [9.17, 15) is 4.79 Å². The van der Waals surface area contributed by atoms with Crippen LogP contribution in [0.3, 0.4) is 0 Å². The molecule has 0 unspecified atom stereocenters. The lowest BCUT2D eigenvalue weighted by atomic mass is 10.2. The normalized spacial score (nSPS) is 10.0. The van der Waals surface area contributed by atoms with Gasteiger partial charge in [-0.25, -0.2) is 0 Å². The number of rotatable bonds is 2. The Morgan fingerprint density at radius 1 is 1.09 bits per heavy atom. The second-order valence-corrected chi connectivity index (χ2v) is 6.02. The molecule has 0 spiro atoms. The first-order chi connectivity index (χ1) is 10.8. The van der Waals surface area contributed by atoms with Crippen LogP contribution >= 0.6 is 22.9 Å². The number of carbonyl (C=O) groups excluding carboxylic acids is 1. The van der Waals surface area contributed by atoms with E-state index in [4.69, 9.17) is 11.6 Å². The Kier molecular flexibility index (Phi) is 4.43. The maximum Gasteiger partial charge on any atom is 0.263 e. The standard InChI is InChI=1S/C18H12ClNOS/c19-16-14-10-4-5-11-15(14)22-17(16)18(21)20-12-6-9-13-7-2-1-3-8-13/h1-5,7-8,10-11H,12H2,(H,20,21). The van der Waals surface area contributed by atoms with E-state index in [1.165, 1.54) is 11.3 Å². The summed E-state index contributed by atoms with van der Waals surface area (Å²) in [5, 5.41) is 4.20. The monoisotopic (exact) mass is 325 g/mol. The summed E-state index contributed by atoms with van der Waals surface area (Å²) < 4.78 is 1.01. The molecule has 0 aliphatic rings. The molecule has 0 aliphatic carbocycles. The molecule has 1 aromatic heterocycles. The van der Waals surface area contributed by atoms with Gasteiger partial charge < -0.3 is 5.32 Å². The smallest absolute Gasteiger partial charge is 0.263 e. The molecule has 22 heavy (non-hydrogen) atoms. The largest absolute Gasteiger partial charge is 0.340 e. The highest BCUT2D eigenvalue weighted by molar-refractivity contribution is 7.21. The third-order valence-electron chi connectivity index (χ3n) is 3.08. The van der Waals surface area contributed by atoms with Crippen molar-refractivity contribution in [2.75, 3.05) is 6.54 Å². The molecule has 0 fully saturated rings. The number of fused-ring (bicyclic) bond motifs is 1. The van der Waals surface area contributed by atoms with E-state index in [0.717, 1.165) is 15.6 Å². The summed E-state index contributed by atoms with van der Waals surface area (Å²) >= 11 is 7.67. The van der Waals surface area contributed by atoms with Gasteiger partial charge in [-0.3, -0.25) is 4.79 Å². The molecule has 0 bridgehead atoms. The van der Waals surface area contributed by atoms with E-state index in [1.54, 1.807) is 0 Å². The van der Waals surface area contributed by atoms with Gasteiger partial charge in [-0.05, 0) is 18.2 Å². The topological polar surface area (TPSA) is 29.1 Å². The molecule has 0 radical (unpaired) electrons. The number of amides is 1. The van der Waals surface area contributed by atoms with Gasteiger partial charge in [0, 0.05) is 15.6 Å². The lowest BCUT2D eigenvalue weighted by Gasteiger charge is -1.98. The number of hydrogen-bond acceptors (Lipinski definition) is 2. The van der Waals surface area contributed by atoms with E-state index in [0.29, 0.717) is 9.90 Å². The summed E-state index contributed by atoms with van der Waals surface area (Å²) in [5.74, 6) is 5.75. The van der Waals surface area contributed by atoms with Crippen molar-refractivity contribution in [3.05, 3.63) is 70.1 Å². The quantitative estimate of drug-likeness (QED) is 0.698. The fourth-order valence-electron chi connectivity index (χ4n) is 2.03. The highest BCUT2D eigenvalue weighted by Gasteiger charge is 2.15. The molecular formula is C18H12ClNOS. The summed E-state index contributed by atoms with van der Waals surface area (Å²) in [6.07, 6.45) is 0. The fourth-order valence-corrected chi connectivity index (χ4v) is 3.47. The van der Waals surface area contributed by atoms with Crippen LogP contribution in [-0.2, 0) is 0 Å². The zero-order valence-electron chi connectivity index (χ0n) is 11.6. The van der Waals surface area contributed by atoms with Crippen LogP contribution in [-0.4, -0.2) is 12.5 Å². The average Bonchev–Trinajstić information content (AvgIpc) is 2.90. The number of nitrogens with one attached hydrogen (secondary N) is 1. The van der Waals surface area contributed by atoms with Crippen molar-refractivity contribution in [1.29, 1.82) is 0 Å². The van der Waals surface area contributed by atoms with E-state index in [2.05, 4.69) is 17.2 Å². The third kappa shape index (κ3) is 3.14. The molecule has 2 aromatic carbocycles. The van der Waals surface area contributed by atoms with Crippen LogP contribution in [0.4, 0.5) is 0 Å². The van der Waals surface area contributed by atoms with Crippen molar-refractivity contribution in [2.24, 2.45) is 0 Å². The molecule has 108 valence electrons. The summed E-state index contributed by atoms with van der Waals surface area (Å²) in [6, 6.07) is 17.4. The van der Waals surface area contributed by atoms with Crippen LogP contribution in [0.25, 0.3) is 10.1 Å². The van der Waals surface area contributed by atoms with Crippen molar-refractivity contribution in [3.63, 3.8) is 0 Å². The Balaban J connectivity index is 1.69. The maximum atomic E-state index is 12.2. The van der Waals surface area contributed by atoms with Gasteiger partial charge in [0.1, 0.15) is 4.88 Å². The molecule has 0 saturated carbocycles.